The molecule has 0 aliphatic heterocycles. The smallest absolute Gasteiger partial charge is 0.387 e. The number of nitrogens with two attached hydrogens (primary N) is 1. The van der Waals surface area contributed by atoms with E-state index < -0.39 is 34.1 Å². The minimum atomic E-state index is -3.80. The average molecular weight is 497 g/mol. The van der Waals surface area contributed by atoms with E-state index in [1.165, 1.54) is 12.1 Å². The molecule has 0 bridgehead atoms. The molecule has 0 saturated heterocycles. The monoisotopic (exact) mass is 496 g/mol. The number of sulfonamides is 1. The number of hydrogen-bond donors (Lipinski definition) is 2. The molecule has 34 heavy (non-hydrogen) atoms. The molecular weight excluding hydrogens is 473 g/mol. The van der Waals surface area contributed by atoms with Gasteiger partial charge in [-0.3, -0.25) is 9.78 Å². The maximum atomic E-state index is 14.5. The van der Waals surface area contributed by atoms with Crippen molar-refractivity contribution in [2.45, 2.75) is 56.7 Å². The molecule has 1 aliphatic carbocycles. The number of pyridine rings is 1. The maximum Gasteiger partial charge on any atom is 0.387 e. The number of fused-ring (bicyclic) bond motifs is 1. The Hall–Kier alpha value is -3.12. The number of carbonyl (C=O) groups is 1. The van der Waals surface area contributed by atoms with Crippen molar-refractivity contribution in [1.29, 1.82) is 0 Å². The minimum absolute atomic E-state index is 0.0344. The first kappa shape index (κ1) is 24.0. The molecule has 4 rings (SSSR count). The molecule has 1 saturated carbocycles. The second kappa shape index (κ2) is 8.91. The van der Waals surface area contributed by atoms with Gasteiger partial charge in [-0.25, -0.2) is 17.5 Å². The van der Waals surface area contributed by atoms with Gasteiger partial charge in [0.05, 0.1) is 22.5 Å². The zero-order valence-electron chi connectivity index (χ0n) is 18.4. The van der Waals surface area contributed by atoms with Gasteiger partial charge in [0, 0.05) is 29.7 Å². The van der Waals surface area contributed by atoms with Gasteiger partial charge >= 0.3 is 6.61 Å². The summed E-state index contributed by atoms with van der Waals surface area (Å²) in [6.07, 6.45) is 3.53. The van der Waals surface area contributed by atoms with Crippen molar-refractivity contribution in [2.24, 2.45) is 5.73 Å². The molecule has 8 nitrogen and oxygen atoms in total. The van der Waals surface area contributed by atoms with Crippen LogP contribution in [0.2, 0.25) is 0 Å². The molecule has 1 aromatic carbocycles. The summed E-state index contributed by atoms with van der Waals surface area (Å²) in [5.41, 5.74) is 6.42. The van der Waals surface area contributed by atoms with Crippen LogP contribution >= 0.6 is 0 Å². The van der Waals surface area contributed by atoms with Crippen LogP contribution in [0.15, 0.2) is 35.4 Å². The highest BCUT2D eigenvalue weighted by Crippen LogP contribution is 2.43. The van der Waals surface area contributed by atoms with Crippen molar-refractivity contribution in [1.82, 2.24) is 14.3 Å². The molecule has 0 spiro atoms. The standard InChI is InChI=1S/C22H23F3N4O4S/c1-11(2)28-34(31,32)13-6-7-16(27-10-13)20-19(21(26)30)14-8-15(23)18(33-22(24)25)9-17(14)29(20)12-4-3-5-12/h6-12,22,28H,3-5H2,1-2H3,(H2,26,30). The Kier molecular flexibility index (Phi) is 6.30. The maximum absolute atomic E-state index is 14.5. The molecule has 0 radical (unpaired) electrons. The first-order chi connectivity index (χ1) is 16.0. The minimum Gasteiger partial charge on any atom is -0.432 e. The fraction of sp³-hybridized carbons (Fsp3) is 0.364. The average Bonchev–Trinajstić information content (AvgIpc) is 3.00. The highest BCUT2D eigenvalue weighted by molar-refractivity contribution is 7.89. The molecule has 3 aromatic rings. The number of benzene rings is 1. The van der Waals surface area contributed by atoms with Crippen LogP contribution in [-0.4, -0.2) is 36.5 Å². The Morgan fingerprint density at radius 3 is 2.47 bits per heavy atom. The number of rotatable bonds is 8. The largest absolute Gasteiger partial charge is 0.432 e. The van der Waals surface area contributed by atoms with Crippen molar-refractivity contribution < 1.29 is 31.1 Å². The highest BCUT2D eigenvalue weighted by Gasteiger charge is 2.31. The van der Waals surface area contributed by atoms with Gasteiger partial charge in [0.15, 0.2) is 11.6 Å². The van der Waals surface area contributed by atoms with Crippen molar-refractivity contribution in [3.8, 4) is 17.1 Å². The Morgan fingerprint density at radius 1 is 1.26 bits per heavy atom. The molecule has 2 aromatic heterocycles. The van der Waals surface area contributed by atoms with E-state index in [2.05, 4.69) is 14.4 Å². The summed E-state index contributed by atoms with van der Waals surface area (Å²) in [5.74, 6) is -2.58. The lowest BCUT2D eigenvalue weighted by Gasteiger charge is -2.30. The SMILES string of the molecule is CC(C)NS(=O)(=O)c1ccc(-c2c(C(N)=O)c3cc(F)c(OC(F)F)cc3n2C2CCC2)nc1. The molecule has 1 fully saturated rings. The van der Waals surface area contributed by atoms with Crippen LogP contribution in [-0.2, 0) is 10.0 Å². The number of aromatic nitrogens is 2. The van der Waals surface area contributed by atoms with Gasteiger partial charge in [0.25, 0.3) is 5.91 Å². The number of amides is 1. The third-order valence-electron chi connectivity index (χ3n) is 5.64. The van der Waals surface area contributed by atoms with Gasteiger partial charge in [0.2, 0.25) is 10.0 Å². The van der Waals surface area contributed by atoms with Gasteiger partial charge in [0.1, 0.15) is 4.90 Å². The Morgan fingerprint density at radius 2 is 1.97 bits per heavy atom. The predicted octanol–water partition coefficient (Wildman–Crippen LogP) is 3.95. The molecule has 0 atom stereocenters. The van der Waals surface area contributed by atoms with Crippen LogP contribution in [0.1, 0.15) is 49.5 Å². The number of halogens is 3. The fourth-order valence-corrected chi connectivity index (χ4v) is 5.28. The molecule has 2 heterocycles. The number of alkyl halides is 2. The van der Waals surface area contributed by atoms with Crippen molar-refractivity contribution in [3.05, 3.63) is 41.8 Å². The van der Waals surface area contributed by atoms with Crippen LogP contribution in [0.4, 0.5) is 13.2 Å². The summed E-state index contributed by atoms with van der Waals surface area (Å²) in [4.78, 5) is 16.7. The van der Waals surface area contributed by atoms with E-state index in [1.54, 1.807) is 18.4 Å². The van der Waals surface area contributed by atoms with Crippen LogP contribution < -0.4 is 15.2 Å². The van der Waals surface area contributed by atoms with Crippen LogP contribution in [0.3, 0.4) is 0 Å². The van der Waals surface area contributed by atoms with Crippen molar-refractivity contribution in [3.63, 3.8) is 0 Å². The summed E-state index contributed by atoms with van der Waals surface area (Å²) in [5, 5.41) is 0.133. The van der Waals surface area contributed by atoms with Gasteiger partial charge in [-0.15, -0.1) is 0 Å². The zero-order valence-corrected chi connectivity index (χ0v) is 19.2. The lowest BCUT2D eigenvalue weighted by Crippen LogP contribution is -2.30. The summed E-state index contributed by atoms with van der Waals surface area (Å²) in [7, 11) is -3.80. The number of hydrogen-bond acceptors (Lipinski definition) is 5. The Balaban J connectivity index is 1.94. The quantitative estimate of drug-likeness (QED) is 0.490. The molecule has 0 unspecified atom stereocenters. The summed E-state index contributed by atoms with van der Waals surface area (Å²) in [6, 6.07) is 4.40. The van der Waals surface area contributed by atoms with Crippen molar-refractivity contribution in [2.75, 3.05) is 0 Å². The third kappa shape index (κ3) is 4.34. The fourth-order valence-electron chi connectivity index (χ4n) is 4.08. The van der Waals surface area contributed by atoms with Gasteiger partial charge < -0.3 is 15.0 Å². The molecule has 12 heteroatoms. The van der Waals surface area contributed by atoms with E-state index in [9.17, 15) is 26.4 Å². The summed E-state index contributed by atoms with van der Waals surface area (Å²) < 4.78 is 73.5. The highest BCUT2D eigenvalue weighted by atomic mass is 32.2. The Labute approximate surface area is 194 Å². The van der Waals surface area contributed by atoms with Crippen LogP contribution in [0.5, 0.6) is 5.75 Å². The van der Waals surface area contributed by atoms with E-state index in [0.29, 0.717) is 5.52 Å². The number of nitrogens with one attached hydrogen (secondary N) is 1. The Bertz CT molecular complexity index is 1350. The van der Waals surface area contributed by atoms with Gasteiger partial charge in [-0.2, -0.15) is 8.78 Å². The topological polar surface area (TPSA) is 116 Å². The molecule has 182 valence electrons. The first-order valence-corrected chi connectivity index (χ1v) is 12.1. The summed E-state index contributed by atoms with van der Waals surface area (Å²) in [6.45, 7) is 0.131. The number of ether oxygens (including phenoxy) is 1. The number of nitrogens with zero attached hydrogens (tertiary/aromatic N) is 2. The zero-order chi connectivity index (χ0) is 24.8. The lowest BCUT2D eigenvalue weighted by atomic mass is 9.92. The van der Waals surface area contributed by atoms with E-state index in [4.69, 9.17) is 5.73 Å². The van der Waals surface area contributed by atoms with Gasteiger partial charge in [-0.1, -0.05) is 0 Å². The predicted molar refractivity (Wildman–Crippen MR) is 119 cm³/mol. The van der Waals surface area contributed by atoms with E-state index >= 15 is 0 Å². The lowest BCUT2D eigenvalue weighted by molar-refractivity contribution is -0.0521. The second-order valence-corrected chi connectivity index (χ2v) is 10.1. The van der Waals surface area contributed by atoms with Gasteiger partial charge in [-0.05, 0) is 51.3 Å². The molecule has 1 aliphatic rings. The van der Waals surface area contributed by atoms with Crippen LogP contribution in [0.25, 0.3) is 22.3 Å². The van der Waals surface area contributed by atoms with Crippen molar-refractivity contribution >= 4 is 26.8 Å². The molecule has 1 amide bonds. The molecule has 3 N–H and O–H groups in total. The number of primary amides is 1. The summed E-state index contributed by atoms with van der Waals surface area (Å²) >= 11 is 0. The number of carbonyl (C=O) groups excluding carboxylic acids is 1. The molecular formula is C22H23F3N4O4S. The third-order valence-corrected chi connectivity index (χ3v) is 7.28. The normalized spacial score (nSPS) is 14.7. The van der Waals surface area contributed by atoms with E-state index in [1.807, 2.05) is 0 Å². The second-order valence-electron chi connectivity index (χ2n) is 8.38. The first-order valence-electron chi connectivity index (χ1n) is 10.6. The van der Waals surface area contributed by atoms with E-state index in [-0.39, 0.29) is 39.3 Å². The van der Waals surface area contributed by atoms with E-state index in [0.717, 1.165) is 37.6 Å². The van der Waals surface area contributed by atoms with Crippen LogP contribution in [0, 0.1) is 5.82 Å².